The van der Waals surface area contributed by atoms with Crippen LogP contribution < -0.4 is 0 Å². The molecule has 12 aromatic carbocycles. The molecule has 468 valence electrons. The third-order valence-electron chi connectivity index (χ3n) is 17.9. The van der Waals surface area contributed by atoms with Crippen LogP contribution in [0, 0.1) is 0 Å². The molecule has 7 heterocycles. The van der Waals surface area contributed by atoms with Crippen LogP contribution in [0.2, 0.25) is 0 Å². The maximum atomic E-state index is 5.55. The molecule has 0 atom stereocenters. The van der Waals surface area contributed by atoms with Crippen molar-refractivity contribution < 1.29 is 13.3 Å². The zero-order valence-electron chi connectivity index (χ0n) is 52.4. The molecule has 0 amide bonds. The normalized spacial score (nSPS) is 11.4. The molecule has 0 saturated heterocycles. The lowest BCUT2D eigenvalue weighted by Crippen LogP contribution is -1.95. The van der Waals surface area contributed by atoms with E-state index in [1.807, 2.05) is 82.7 Å². The highest BCUT2D eigenvalue weighted by molar-refractivity contribution is 7.14. The number of rotatable bonds is 14. The second-order valence-corrected chi connectivity index (χ2v) is 27.3. The topological polar surface area (TPSA) is 130 Å². The minimum absolute atomic E-state index is 0.588. The van der Waals surface area contributed by atoms with Crippen molar-refractivity contribution in [3.8, 4) is 155 Å². The van der Waals surface area contributed by atoms with Gasteiger partial charge in [0.05, 0.1) is 18.6 Å². The van der Waals surface area contributed by atoms with Crippen LogP contribution in [0.4, 0.5) is 0 Å². The zero-order valence-corrected chi connectivity index (χ0v) is 55.7. The van der Waals surface area contributed by atoms with Gasteiger partial charge < -0.3 is 13.3 Å². The van der Waals surface area contributed by atoms with Crippen LogP contribution in [0.25, 0.3) is 187 Å². The van der Waals surface area contributed by atoms with Crippen molar-refractivity contribution in [1.82, 2.24) is 34.9 Å². The summed E-state index contributed by atoms with van der Waals surface area (Å²) >= 11 is 6.67. The van der Waals surface area contributed by atoms with E-state index in [2.05, 4.69) is 223 Å². The number of hydrogen-bond acceptors (Lipinski definition) is 14. The Bertz CT molecular complexity index is 5360. The Morgan fingerprint density at radius 2 is 0.434 bits per heavy atom. The Labute approximate surface area is 584 Å². The Hall–Kier alpha value is -12.2. The maximum Gasteiger partial charge on any atom is 0.225 e. The Morgan fingerprint density at radius 1 is 0.202 bits per heavy atom. The van der Waals surface area contributed by atoms with Gasteiger partial charge in [-0.2, -0.15) is 0 Å². The summed E-state index contributed by atoms with van der Waals surface area (Å²) in [5.41, 5.74) is 23.0. The van der Waals surface area contributed by atoms with Crippen LogP contribution in [0.5, 0.6) is 0 Å². The summed E-state index contributed by atoms with van der Waals surface area (Å²) < 4.78 is 16.7. The van der Waals surface area contributed by atoms with Crippen molar-refractivity contribution in [2.24, 2.45) is 0 Å². The Balaban J connectivity index is 0.000000157. The molecule has 0 saturated carbocycles. The average molecular weight is 1350 g/mol. The molecule has 0 spiro atoms. The van der Waals surface area contributed by atoms with E-state index in [1.54, 1.807) is 82.7 Å². The van der Waals surface area contributed by atoms with E-state index in [9.17, 15) is 0 Å². The first kappa shape index (κ1) is 59.3. The standard InChI is InChI=1S/C52H30N4S4.C33H21N3O3/c1-5-31(25-35(9-1)49-53-17-21-57-49)43-29-44(32-6-2-10-36(26-32)50-54-18-22-58-50)40-15-16-42-46(34-8-4-12-38(28-34)52-56-20-24-60-52)30-45(41-14-13-39(43)47(40)48(41)42)33-7-3-11-37(27-33)51-55-19-23-59-51;1-4-22(16-25(7-1)31-34-10-13-37-31)28-19-29(23-5-2-8-26(17-23)32-35-11-14-38-32)21-30(20-28)24-6-3-9-27(18-24)33-36-12-15-39-33/h1-30H;1-21H. The number of hydrogen-bond donors (Lipinski definition) is 0. The molecule has 0 bridgehead atoms. The molecule has 19 rings (SSSR count). The monoisotopic (exact) mass is 1350 g/mol. The summed E-state index contributed by atoms with van der Waals surface area (Å²) in [5, 5.41) is 19.6. The van der Waals surface area contributed by atoms with Gasteiger partial charge in [-0.05, 0) is 201 Å². The van der Waals surface area contributed by atoms with E-state index in [0.717, 1.165) is 115 Å². The van der Waals surface area contributed by atoms with Crippen molar-refractivity contribution in [1.29, 1.82) is 0 Å². The van der Waals surface area contributed by atoms with Crippen LogP contribution in [0.15, 0.2) is 321 Å². The number of oxazole rings is 3. The Morgan fingerprint density at radius 3 is 0.677 bits per heavy atom. The third kappa shape index (κ3) is 11.5. The predicted molar refractivity (Wildman–Crippen MR) is 406 cm³/mol. The number of aromatic nitrogens is 7. The molecule has 0 aliphatic rings. The molecule has 10 nitrogen and oxygen atoms in total. The van der Waals surface area contributed by atoms with Gasteiger partial charge in [-0.1, -0.05) is 133 Å². The largest absolute Gasteiger partial charge is 0.445 e. The van der Waals surface area contributed by atoms with Gasteiger partial charge in [0.2, 0.25) is 17.7 Å². The fourth-order valence-corrected chi connectivity index (χ4v) is 16.0. The molecule has 0 aliphatic carbocycles. The Kier molecular flexibility index (Phi) is 15.4. The first-order chi connectivity index (χ1) is 49.0. The van der Waals surface area contributed by atoms with Gasteiger partial charge in [0, 0.05) is 85.3 Å². The SMILES string of the molecule is c1cc(-c2cc(-c3cccc(-c4ncco4)c3)cc(-c3cccc(-c4ncco4)c3)c2)cc(-c2ncco2)c1.c1cc(-c2nccs2)cc(-c2cc(-c3cccc(-c4nccs4)c3)c3ccc4c(-c5cccc(-c6nccs6)c5)cc(-c5cccc(-c6nccs6)c5)c5ccc2c3c54)c1. The first-order valence-corrected chi connectivity index (χ1v) is 35.5. The van der Waals surface area contributed by atoms with E-state index in [1.165, 1.54) is 54.6 Å². The molecular weight excluding hydrogens is 1300 g/mol. The average Bonchev–Trinajstić information content (AvgIpc) is 1.34. The van der Waals surface area contributed by atoms with Crippen molar-refractivity contribution in [2.45, 2.75) is 0 Å². The number of thiazole rings is 4. The summed E-state index contributed by atoms with van der Waals surface area (Å²) in [4.78, 5) is 31.7. The summed E-state index contributed by atoms with van der Waals surface area (Å²) in [7, 11) is 0. The van der Waals surface area contributed by atoms with E-state index < -0.39 is 0 Å². The van der Waals surface area contributed by atoms with Crippen LogP contribution in [0.1, 0.15) is 0 Å². The molecule has 0 radical (unpaired) electrons. The fraction of sp³-hybridized carbons (Fsp3) is 0. The minimum Gasteiger partial charge on any atom is -0.445 e. The van der Waals surface area contributed by atoms with Gasteiger partial charge >= 0.3 is 0 Å². The van der Waals surface area contributed by atoms with Crippen LogP contribution in [0.3, 0.4) is 0 Å². The van der Waals surface area contributed by atoms with Crippen LogP contribution in [-0.4, -0.2) is 34.9 Å². The molecule has 14 heteroatoms. The van der Waals surface area contributed by atoms with E-state index in [4.69, 9.17) is 13.3 Å². The molecule has 0 N–H and O–H groups in total. The smallest absolute Gasteiger partial charge is 0.225 e. The highest BCUT2D eigenvalue weighted by Crippen LogP contribution is 2.50. The van der Waals surface area contributed by atoms with E-state index in [0.29, 0.717) is 17.7 Å². The summed E-state index contributed by atoms with van der Waals surface area (Å²) in [5.74, 6) is 1.77. The van der Waals surface area contributed by atoms with Crippen molar-refractivity contribution in [3.63, 3.8) is 0 Å². The quantitative estimate of drug-likeness (QED) is 0.0970. The van der Waals surface area contributed by atoms with Gasteiger partial charge in [0.1, 0.15) is 38.8 Å². The van der Waals surface area contributed by atoms with Crippen LogP contribution in [-0.2, 0) is 0 Å². The molecule has 0 unspecified atom stereocenters. The zero-order chi connectivity index (χ0) is 65.6. The summed E-state index contributed by atoms with van der Waals surface area (Å²) in [6.45, 7) is 0. The van der Waals surface area contributed by atoms with Gasteiger partial charge in [-0.15, -0.1) is 45.3 Å². The molecule has 99 heavy (non-hydrogen) atoms. The van der Waals surface area contributed by atoms with E-state index in [-0.39, 0.29) is 0 Å². The lowest BCUT2D eigenvalue weighted by Gasteiger charge is -2.22. The van der Waals surface area contributed by atoms with Crippen molar-refractivity contribution >= 4 is 77.7 Å². The minimum atomic E-state index is 0.588. The number of nitrogens with zero attached hydrogens (tertiary/aromatic N) is 7. The van der Waals surface area contributed by atoms with Crippen LogP contribution >= 0.6 is 45.3 Å². The summed E-state index contributed by atoms with van der Waals surface area (Å²) in [6.07, 6.45) is 17.2. The molecule has 0 aliphatic heterocycles. The lowest BCUT2D eigenvalue weighted by molar-refractivity contribution is 0.574. The van der Waals surface area contributed by atoms with Gasteiger partial charge in [-0.25, -0.2) is 34.9 Å². The van der Waals surface area contributed by atoms with Crippen molar-refractivity contribution in [2.75, 3.05) is 0 Å². The van der Waals surface area contributed by atoms with Gasteiger partial charge in [-0.3, -0.25) is 0 Å². The van der Waals surface area contributed by atoms with Gasteiger partial charge in [0.25, 0.3) is 0 Å². The van der Waals surface area contributed by atoms with Gasteiger partial charge in [0.15, 0.2) is 0 Å². The highest BCUT2D eigenvalue weighted by Gasteiger charge is 2.23. The number of benzene rings is 12. The predicted octanol–water partition coefficient (Wildman–Crippen LogP) is 24.4. The third-order valence-corrected chi connectivity index (χ3v) is 21.2. The highest BCUT2D eigenvalue weighted by atomic mass is 32.1. The summed E-state index contributed by atoms with van der Waals surface area (Å²) in [6, 6.07) is 80.9. The second-order valence-electron chi connectivity index (χ2n) is 23.7. The molecular formula is C85H51N7O3S4. The first-order valence-electron chi connectivity index (χ1n) is 32.0. The molecule has 7 aromatic heterocycles. The van der Waals surface area contributed by atoms with Crippen molar-refractivity contribution in [3.05, 3.63) is 308 Å². The maximum absolute atomic E-state index is 5.55. The fourth-order valence-electron chi connectivity index (χ4n) is 13.4. The molecule has 0 fully saturated rings. The second kappa shape index (κ2) is 25.8. The lowest BCUT2D eigenvalue weighted by atomic mass is 9.81. The molecule has 19 aromatic rings. The van der Waals surface area contributed by atoms with E-state index >= 15 is 0 Å².